The predicted octanol–water partition coefficient (Wildman–Crippen LogP) is 2.20. The van der Waals surface area contributed by atoms with E-state index in [1.807, 2.05) is 23.1 Å². The molecule has 2 saturated heterocycles. The van der Waals surface area contributed by atoms with E-state index in [0.717, 1.165) is 32.5 Å². The topological polar surface area (TPSA) is 79.5 Å². The van der Waals surface area contributed by atoms with Crippen molar-refractivity contribution in [3.8, 4) is 0 Å². The summed E-state index contributed by atoms with van der Waals surface area (Å²) in [6.45, 7) is 3.05. The maximum absolute atomic E-state index is 12.6. The van der Waals surface area contributed by atoms with E-state index in [1.165, 1.54) is 5.56 Å². The number of likely N-dealkylation sites (tertiary alicyclic amines) is 1. The second-order valence-corrected chi connectivity index (χ2v) is 7.64. The van der Waals surface area contributed by atoms with E-state index in [9.17, 15) is 9.59 Å². The lowest BCUT2D eigenvalue weighted by Crippen LogP contribution is -2.42. The summed E-state index contributed by atoms with van der Waals surface area (Å²) in [5.41, 5.74) is 7.15. The number of piperidine rings is 1. The average Bonchev–Trinajstić information content (AvgIpc) is 2.98. The maximum atomic E-state index is 12.6. The number of hydrogen-bond donors (Lipinski definition) is 1. The Kier molecular flexibility index (Phi) is 4.56. The molecule has 0 aliphatic carbocycles. The van der Waals surface area contributed by atoms with E-state index < -0.39 is 5.91 Å². The molecule has 0 radical (unpaired) electrons. The number of benzene rings is 1. The maximum Gasteiger partial charge on any atom is 0.252 e. The van der Waals surface area contributed by atoms with Crippen molar-refractivity contribution in [1.29, 1.82) is 0 Å². The van der Waals surface area contributed by atoms with Crippen LogP contribution in [0.3, 0.4) is 0 Å². The third-order valence-electron chi connectivity index (χ3n) is 5.80. The predicted molar refractivity (Wildman–Crippen MR) is 103 cm³/mol. The van der Waals surface area contributed by atoms with Gasteiger partial charge in [-0.05, 0) is 30.5 Å². The molecule has 0 saturated carbocycles. The van der Waals surface area contributed by atoms with Crippen LogP contribution in [0.5, 0.6) is 0 Å². The van der Waals surface area contributed by atoms with E-state index >= 15 is 0 Å². The third kappa shape index (κ3) is 3.52. The largest absolute Gasteiger partial charge is 0.365 e. The molecule has 2 N–H and O–H groups in total. The molecule has 2 amide bonds. The number of anilines is 1. The van der Waals surface area contributed by atoms with Crippen molar-refractivity contribution in [3.63, 3.8) is 0 Å². The van der Waals surface area contributed by atoms with Gasteiger partial charge in [0.2, 0.25) is 5.91 Å². The molecule has 6 heteroatoms. The SMILES string of the molecule is NC(=O)c1cccnc1N1CCC2(CC1)CC(=O)N(Cc1ccccc1)C2. The van der Waals surface area contributed by atoms with Crippen LogP contribution in [0.2, 0.25) is 0 Å². The molecule has 1 aromatic carbocycles. The number of nitrogens with two attached hydrogens (primary N) is 1. The number of amides is 2. The lowest BCUT2D eigenvalue weighted by atomic mass is 9.77. The first-order chi connectivity index (χ1) is 13.1. The lowest BCUT2D eigenvalue weighted by Gasteiger charge is -2.39. The van der Waals surface area contributed by atoms with Crippen molar-refractivity contribution in [2.24, 2.45) is 11.1 Å². The second kappa shape index (κ2) is 7.02. The van der Waals surface area contributed by atoms with Gasteiger partial charge < -0.3 is 15.5 Å². The minimum atomic E-state index is -0.455. The molecular weight excluding hydrogens is 340 g/mol. The number of rotatable bonds is 4. The summed E-state index contributed by atoms with van der Waals surface area (Å²) in [4.78, 5) is 32.7. The van der Waals surface area contributed by atoms with Gasteiger partial charge in [-0.2, -0.15) is 0 Å². The van der Waals surface area contributed by atoms with Crippen molar-refractivity contribution in [2.75, 3.05) is 24.5 Å². The zero-order chi connectivity index (χ0) is 18.9. The number of pyridine rings is 1. The summed E-state index contributed by atoms with van der Waals surface area (Å²) in [5.74, 6) is 0.441. The zero-order valence-corrected chi connectivity index (χ0v) is 15.3. The number of carbonyl (C=O) groups is 2. The molecule has 6 nitrogen and oxygen atoms in total. The van der Waals surface area contributed by atoms with E-state index in [-0.39, 0.29) is 11.3 Å². The molecule has 3 heterocycles. The fourth-order valence-corrected chi connectivity index (χ4v) is 4.30. The van der Waals surface area contributed by atoms with Crippen molar-refractivity contribution >= 4 is 17.6 Å². The van der Waals surface area contributed by atoms with E-state index in [4.69, 9.17) is 5.73 Å². The molecule has 0 atom stereocenters. The molecule has 0 unspecified atom stereocenters. The Morgan fingerprint density at radius 1 is 1.11 bits per heavy atom. The second-order valence-electron chi connectivity index (χ2n) is 7.64. The third-order valence-corrected chi connectivity index (χ3v) is 5.80. The normalized spacial score (nSPS) is 18.9. The Hall–Kier alpha value is -2.89. The summed E-state index contributed by atoms with van der Waals surface area (Å²) >= 11 is 0. The summed E-state index contributed by atoms with van der Waals surface area (Å²) in [6.07, 6.45) is 4.13. The summed E-state index contributed by atoms with van der Waals surface area (Å²) in [6, 6.07) is 13.6. The fourth-order valence-electron chi connectivity index (χ4n) is 4.30. The molecule has 140 valence electrons. The van der Waals surface area contributed by atoms with E-state index in [0.29, 0.717) is 24.3 Å². The van der Waals surface area contributed by atoms with Crippen LogP contribution in [0.4, 0.5) is 5.82 Å². The molecule has 2 fully saturated rings. The smallest absolute Gasteiger partial charge is 0.252 e. The van der Waals surface area contributed by atoms with Gasteiger partial charge in [0.25, 0.3) is 5.91 Å². The molecule has 0 bridgehead atoms. The fraction of sp³-hybridized carbons (Fsp3) is 0.381. The summed E-state index contributed by atoms with van der Waals surface area (Å²) < 4.78 is 0. The van der Waals surface area contributed by atoms with Gasteiger partial charge in [0.15, 0.2) is 0 Å². The highest BCUT2D eigenvalue weighted by atomic mass is 16.2. The monoisotopic (exact) mass is 364 g/mol. The first-order valence-corrected chi connectivity index (χ1v) is 9.38. The number of hydrogen-bond acceptors (Lipinski definition) is 4. The number of carbonyl (C=O) groups excluding carboxylic acids is 2. The average molecular weight is 364 g/mol. The molecule has 2 aliphatic rings. The highest BCUT2D eigenvalue weighted by Gasteiger charge is 2.45. The standard InChI is InChI=1S/C21H24N4O2/c22-19(27)17-7-4-10-23-20(17)24-11-8-21(9-12-24)13-18(26)25(15-21)14-16-5-2-1-3-6-16/h1-7,10H,8-9,11-15H2,(H2,22,27). The van der Waals surface area contributed by atoms with Crippen LogP contribution in [-0.2, 0) is 11.3 Å². The van der Waals surface area contributed by atoms with Gasteiger partial charge in [-0.15, -0.1) is 0 Å². The van der Waals surface area contributed by atoms with Gasteiger partial charge in [-0.3, -0.25) is 9.59 Å². The van der Waals surface area contributed by atoms with Crippen molar-refractivity contribution in [2.45, 2.75) is 25.8 Å². The lowest BCUT2D eigenvalue weighted by molar-refractivity contribution is -0.128. The molecule has 27 heavy (non-hydrogen) atoms. The van der Waals surface area contributed by atoms with Crippen LogP contribution in [0.15, 0.2) is 48.7 Å². The van der Waals surface area contributed by atoms with Crippen molar-refractivity contribution in [1.82, 2.24) is 9.88 Å². The van der Waals surface area contributed by atoms with Crippen LogP contribution in [0.25, 0.3) is 0 Å². The minimum absolute atomic E-state index is 0.0318. The van der Waals surface area contributed by atoms with E-state index in [1.54, 1.807) is 18.3 Å². The molecule has 1 aromatic heterocycles. The highest BCUT2D eigenvalue weighted by Crippen LogP contribution is 2.42. The zero-order valence-electron chi connectivity index (χ0n) is 15.3. The number of aromatic nitrogens is 1. The first kappa shape index (κ1) is 17.5. The van der Waals surface area contributed by atoms with E-state index in [2.05, 4.69) is 22.0 Å². The minimum Gasteiger partial charge on any atom is -0.365 e. The van der Waals surface area contributed by atoms with Gasteiger partial charge in [0.1, 0.15) is 5.82 Å². The van der Waals surface area contributed by atoms with Crippen LogP contribution < -0.4 is 10.6 Å². The van der Waals surface area contributed by atoms with Gasteiger partial charge in [-0.1, -0.05) is 30.3 Å². The van der Waals surface area contributed by atoms with Crippen LogP contribution >= 0.6 is 0 Å². The molecule has 1 spiro atoms. The Balaban J connectivity index is 1.43. The Morgan fingerprint density at radius 3 is 2.56 bits per heavy atom. The van der Waals surface area contributed by atoms with Gasteiger partial charge >= 0.3 is 0 Å². The first-order valence-electron chi connectivity index (χ1n) is 9.38. The van der Waals surface area contributed by atoms with Crippen molar-refractivity contribution in [3.05, 3.63) is 59.8 Å². The Morgan fingerprint density at radius 2 is 1.85 bits per heavy atom. The van der Waals surface area contributed by atoms with Gasteiger partial charge in [0, 0.05) is 44.2 Å². The summed E-state index contributed by atoms with van der Waals surface area (Å²) in [7, 11) is 0. The van der Waals surface area contributed by atoms with Gasteiger partial charge in [-0.25, -0.2) is 4.98 Å². The highest BCUT2D eigenvalue weighted by molar-refractivity contribution is 5.97. The number of primary amides is 1. The molecule has 2 aliphatic heterocycles. The molecule has 4 rings (SSSR count). The molecular formula is C21H24N4O2. The van der Waals surface area contributed by atoms with Crippen LogP contribution in [0, 0.1) is 5.41 Å². The Bertz CT molecular complexity index is 844. The number of nitrogens with zero attached hydrogens (tertiary/aromatic N) is 3. The van der Waals surface area contributed by atoms with Crippen molar-refractivity contribution < 1.29 is 9.59 Å². The quantitative estimate of drug-likeness (QED) is 0.902. The van der Waals surface area contributed by atoms with Crippen LogP contribution in [0.1, 0.15) is 35.2 Å². The summed E-state index contributed by atoms with van der Waals surface area (Å²) in [5, 5.41) is 0. The molecule has 2 aromatic rings. The Labute approximate surface area is 159 Å². The van der Waals surface area contributed by atoms with Crippen LogP contribution in [-0.4, -0.2) is 41.3 Å². The van der Waals surface area contributed by atoms with Gasteiger partial charge in [0.05, 0.1) is 5.56 Å².